The fourth-order valence-corrected chi connectivity index (χ4v) is 9.95. The molecule has 0 aromatic heterocycles. The van der Waals surface area contributed by atoms with Crippen LogP contribution >= 0.6 is 0 Å². The lowest BCUT2D eigenvalue weighted by Gasteiger charge is -2.27. The lowest BCUT2D eigenvalue weighted by Crippen LogP contribution is -2.45. The van der Waals surface area contributed by atoms with Crippen molar-refractivity contribution in [2.45, 2.75) is 25.9 Å². The standard InChI is InChI=1S/C14H32O6Si3/c1-8-21(9-2,10-12-22(14-15,16-3)17-4)11-13-23(18-5,19-6)20-7/h10-13,15H,8-9,14H2,1-7H3. The first-order chi connectivity index (χ1) is 10.9. The summed E-state index contributed by atoms with van der Waals surface area (Å²) in [5.41, 5.74) is 8.30. The second kappa shape index (κ2) is 10.7. The molecule has 0 aromatic rings. The number of hydrogen-bond donors (Lipinski definition) is 1. The molecule has 6 nitrogen and oxygen atoms in total. The minimum Gasteiger partial charge on any atom is -0.394 e. The van der Waals surface area contributed by atoms with E-state index in [1.807, 2.05) is 11.4 Å². The Morgan fingerprint density at radius 3 is 1.43 bits per heavy atom. The van der Waals surface area contributed by atoms with Gasteiger partial charge < -0.3 is 27.2 Å². The lowest BCUT2D eigenvalue weighted by atomic mass is 10.9. The Kier molecular flexibility index (Phi) is 10.6. The molecule has 0 rings (SSSR count). The predicted molar refractivity (Wildman–Crippen MR) is 98.6 cm³/mol. The van der Waals surface area contributed by atoms with Gasteiger partial charge in [-0.3, -0.25) is 0 Å². The van der Waals surface area contributed by atoms with Crippen LogP contribution in [-0.4, -0.2) is 72.3 Å². The van der Waals surface area contributed by atoms with Crippen molar-refractivity contribution in [3.63, 3.8) is 0 Å². The van der Waals surface area contributed by atoms with Gasteiger partial charge in [-0.15, -0.1) is 0 Å². The summed E-state index contributed by atoms with van der Waals surface area (Å²) in [6.45, 7) is 4.34. The topological polar surface area (TPSA) is 66.4 Å². The summed E-state index contributed by atoms with van der Waals surface area (Å²) < 4.78 is 27.2. The van der Waals surface area contributed by atoms with E-state index in [2.05, 4.69) is 25.2 Å². The Bertz CT molecular complexity index is 328. The zero-order valence-electron chi connectivity index (χ0n) is 15.4. The van der Waals surface area contributed by atoms with Crippen LogP contribution in [0, 0.1) is 0 Å². The van der Waals surface area contributed by atoms with Crippen LogP contribution in [-0.2, 0) is 22.1 Å². The van der Waals surface area contributed by atoms with Crippen molar-refractivity contribution in [1.82, 2.24) is 0 Å². The van der Waals surface area contributed by atoms with Crippen molar-refractivity contribution in [3.05, 3.63) is 22.8 Å². The van der Waals surface area contributed by atoms with Gasteiger partial charge in [0.1, 0.15) is 8.07 Å². The molecular weight excluding hydrogens is 348 g/mol. The van der Waals surface area contributed by atoms with E-state index in [0.29, 0.717) is 0 Å². The van der Waals surface area contributed by atoms with Crippen molar-refractivity contribution < 1.29 is 27.2 Å². The summed E-state index contributed by atoms with van der Waals surface area (Å²) in [6.07, 6.45) is -0.106. The summed E-state index contributed by atoms with van der Waals surface area (Å²) in [7, 11) is 0.673. The van der Waals surface area contributed by atoms with E-state index in [1.54, 1.807) is 35.5 Å². The van der Waals surface area contributed by atoms with Crippen LogP contribution in [0.25, 0.3) is 0 Å². The van der Waals surface area contributed by atoms with Gasteiger partial charge in [0, 0.05) is 35.5 Å². The van der Waals surface area contributed by atoms with E-state index in [9.17, 15) is 5.11 Å². The highest BCUT2D eigenvalue weighted by molar-refractivity contribution is 6.91. The van der Waals surface area contributed by atoms with Crippen LogP contribution in [0.5, 0.6) is 0 Å². The zero-order valence-corrected chi connectivity index (χ0v) is 18.4. The molecule has 0 spiro atoms. The Hall–Kier alpha value is -0.109. The second-order valence-corrected chi connectivity index (χ2v) is 15.6. The molecule has 0 radical (unpaired) electrons. The van der Waals surface area contributed by atoms with Crippen molar-refractivity contribution in [2.75, 3.05) is 41.8 Å². The fraction of sp³-hybridized carbons (Fsp3) is 0.714. The third-order valence-electron chi connectivity index (χ3n) is 4.37. The Morgan fingerprint density at radius 1 is 0.696 bits per heavy atom. The maximum Gasteiger partial charge on any atom is 0.528 e. The van der Waals surface area contributed by atoms with Crippen molar-refractivity contribution >= 4 is 25.4 Å². The third kappa shape index (κ3) is 6.03. The summed E-state index contributed by atoms with van der Waals surface area (Å²) in [6, 6.07) is 2.03. The van der Waals surface area contributed by atoms with Crippen LogP contribution in [0.2, 0.25) is 12.1 Å². The van der Waals surface area contributed by atoms with E-state index in [4.69, 9.17) is 22.1 Å². The molecule has 0 amide bonds. The minimum atomic E-state index is -2.74. The van der Waals surface area contributed by atoms with Gasteiger partial charge in [0.25, 0.3) is 0 Å². The molecule has 0 aromatic carbocycles. The number of aliphatic hydroxyl groups excluding tert-OH is 1. The highest BCUT2D eigenvalue weighted by atomic mass is 28.4. The van der Waals surface area contributed by atoms with Gasteiger partial charge in [-0.1, -0.05) is 37.3 Å². The van der Waals surface area contributed by atoms with Crippen LogP contribution in [0.3, 0.4) is 0 Å². The first-order valence-corrected chi connectivity index (χ1v) is 14.1. The molecule has 0 bridgehead atoms. The van der Waals surface area contributed by atoms with Gasteiger partial charge in [-0.2, -0.15) is 0 Å². The number of hydrogen-bond acceptors (Lipinski definition) is 6. The smallest absolute Gasteiger partial charge is 0.394 e. The average Bonchev–Trinajstić information content (AvgIpc) is 2.63. The van der Waals surface area contributed by atoms with Gasteiger partial charge in [-0.05, 0) is 11.4 Å². The van der Waals surface area contributed by atoms with Crippen molar-refractivity contribution in [2.24, 2.45) is 0 Å². The lowest BCUT2D eigenvalue weighted by molar-refractivity contribution is 0.138. The molecule has 9 heteroatoms. The molecule has 136 valence electrons. The molecule has 0 aliphatic heterocycles. The predicted octanol–water partition coefficient (Wildman–Crippen LogP) is 1.89. The van der Waals surface area contributed by atoms with Gasteiger partial charge >= 0.3 is 17.4 Å². The van der Waals surface area contributed by atoms with E-state index < -0.39 is 25.4 Å². The molecule has 0 fully saturated rings. The van der Waals surface area contributed by atoms with Crippen LogP contribution in [0.15, 0.2) is 22.8 Å². The first-order valence-electron chi connectivity index (χ1n) is 7.67. The summed E-state index contributed by atoms with van der Waals surface area (Å²) in [4.78, 5) is 0. The quantitative estimate of drug-likeness (QED) is 0.522. The molecule has 0 saturated heterocycles. The summed E-state index contributed by atoms with van der Waals surface area (Å²) in [5, 5.41) is 9.60. The van der Waals surface area contributed by atoms with Crippen molar-refractivity contribution in [1.29, 1.82) is 0 Å². The summed E-state index contributed by atoms with van der Waals surface area (Å²) in [5.74, 6) is 0. The molecule has 0 unspecified atom stereocenters. The van der Waals surface area contributed by atoms with Gasteiger partial charge in [0.15, 0.2) is 0 Å². The molecule has 1 N–H and O–H groups in total. The highest BCUT2D eigenvalue weighted by Crippen LogP contribution is 2.22. The molecule has 23 heavy (non-hydrogen) atoms. The minimum absolute atomic E-state index is 0.106. The average molecular weight is 381 g/mol. The maximum atomic E-state index is 9.60. The highest BCUT2D eigenvalue weighted by Gasteiger charge is 2.37. The largest absolute Gasteiger partial charge is 0.528 e. The normalized spacial score (nSPS) is 14.3. The Balaban J connectivity index is 5.59. The first kappa shape index (κ1) is 22.9. The Morgan fingerprint density at radius 2 is 1.13 bits per heavy atom. The number of rotatable bonds is 12. The summed E-state index contributed by atoms with van der Waals surface area (Å²) >= 11 is 0. The molecule has 0 atom stereocenters. The molecule has 0 heterocycles. The second-order valence-electron chi connectivity index (χ2n) is 5.20. The van der Waals surface area contributed by atoms with E-state index in [-0.39, 0.29) is 6.23 Å². The van der Waals surface area contributed by atoms with Crippen LogP contribution in [0.1, 0.15) is 13.8 Å². The molecular formula is C14H32O6Si3. The molecule has 0 saturated carbocycles. The van der Waals surface area contributed by atoms with Crippen LogP contribution < -0.4 is 0 Å². The monoisotopic (exact) mass is 380 g/mol. The maximum absolute atomic E-state index is 9.60. The SMILES string of the molecule is CC[Si](C=C[Si](CO)(OC)OC)(C=C[Si](OC)(OC)OC)CC. The van der Waals surface area contributed by atoms with Gasteiger partial charge in [0.2, 0.25) is 0 Å². The zero-order chi connectivity index (χ0) is 18.0. The van der Waals surface area contributed by atoms with Crippen LogP contribution in [0.4, 0.5) is 0 Å². The van der Waals surface area contributed by atoms with Gasteiger partial charge in [0.05, 0.1) is 6.23 Å². The number of aliphatic hydroxyl groups is 1. The Labute approximate surface area is 143 Å². The van der Waals surface area contributed by atoms with Crippen molar-refractivity contribution in [3.8, 4) is 0 Å². The molecule has 0 aliphatic carbocycles. The van der Waals surface area contributed by atoms with E-state index >= 15 is 0 Å². The van der Waals surface area contributed by atoms with E-state index in [1.165, 1.54) is 0 Å². The van der Waals surface area contributed by atoms with E-state index in [0.717, 1.165) is 12.1 Å². The fourth-order valence-electron chi connectivity index (χ4n) is 2.19. The third-order valence-corrected chi connectivity index (χ3v) is 14.1. The molecule has 0 aliphatic rings. The van der Waals surface area contributed by atoms with Gasteiger partial charge in [-0.25, -0.2) is 0 Å².